The predicted molar refractivity (Wildman–Crippen MR) is 92.1 cm³/mol. The van der Waals surface area contributed by atoms with Crippen molar-refractivity contribution in [1.82, 2.24) is 30.2 Å². The summed E-state index contributed by atoms with van der Waals surface area (Å²) in [6.07, 6.45) is 2.46. The number of nitrogens with zero attached hydrogens (tertiary/aromatic N) is 6. The monoisotopic (exact) mass is 343 g/mol. The molecule has 0 unspecified atom stereocenters. The number of fused-ring (bicyclic) bond motifs is 1. The van der Waals surface area contributed by atoms with Gasteiger partial charge in [-0.3, -0.25) is 4.90 Å². The Morgan fingerprint density at radius 2 is 1.96 bits per heavy atom. The van der Waals surface area contributed by atoms with Gasteiger partial charge in [-0.1, -0.05) is 29.8 Å². The summed E-state index contributed by atoms with van der Waals surface area (Å²) < 4.78 is 1.42. The maximum atomic E-state index is 6.44. The second kappa shape index (κ2) is 6.70. The van der Waals surface area contributed by atoms with Crippen LogP contribution in [0.2, 0.25) is 5.02 Å². The number of hydrogen-bond donors (Lipinski definition) is 1. The molecule has 8 heteroatoms. The number of hydrogen-bond acceptors (Lipinski definition) is 6. The molecule has 0 aliphatic carbocycles. The van der Waals surface area contributed by atoms with Crippen molar-refractivity contribution in [1.29, 1.82) is 0 Å². The van der Waals surface area contributed by atoms with Crippen LogP contribution in [0.15, 0.2) is 36.4 Å². The molecule has 1 N–H and O–H groups in total. The number of aromatic nitrogens is 5. The Kier molecular flexibility index (Phi) is 4.27. The Hall–Kier alpha value is -2.25. The van der Waals surface area contributed by atoms with Crippen LogP contribution in [0.4, 0.5) is 5.82 Å². The number of rotatable bonds is 5. The maximum Gasteiger partial charge on any atom is 0.200 e. The average Bonchev–Trinajstić information content (AvgIpc) is 3.27. The van der Waals surface area contributed by atoms with Crippen LogP contribution in [-0.4, -0.2) is 49.8 Å². The van der Waals surface area contributed by atoms with Crippen LogP contribution in [0.5, 0.6) is 0 Å². The minimum Gasteiger partial charge on any atom is -0.367 e. The number of halogens is 1. The zero-order valence-electron chi connectivity index (χ0n) is 13.1. The predicted octanol–water partition coefficient (Wildman–Crippen LogP) is 2.42. The summed E-state index contributed by atoms with van der Waals surface area (Å²) in [6, 6.07) is 12.0. The van der Waals surface area contributed by atoms with E-state index >= 15 is 0 Å². The zero-order chi connectivity index (χ0) is 16.4. The van der Waals surface area contributed by atoms with Crippen molar-refractivity contribution in [3.63, 3.8) is 0 Å². The summed E-state index contributed by atoms with van der Waals surface area (Å²) in [5.74, 6) is 0.742. The molecular weight excluding hydrogens is 326 g/mol. The quantitative estimate of drug-likeness (QED) is 0.767. The molecular formula is C16H18ClN7. The molecule has 0 saturated carbocycles. The molecule has 24 heavy (non-hydrogen) atoms. The van der Waals surface area contributed by atoms with E-state index in [-0.39, 0.29) is 6.04 Å². The van der Waals surface area contributed by atoms with Crippen molar-refractivity contribution in [2.24, 2.45) is 0 Å². The second-order valence-corrected chi connectivity index (χ2v) is 6.31. The van der Waals surface area contributed by atoms with Crippen molar-refractivity contribution in [2.45, 2.75) is 18.9 Å². The molecule has 124 valence electrons. The van der Waals surface area contributed by atoms with E-state index < -0.39 is 0 Å². The highest BCUT2D eigenvalue weighted by Gasteiger charge is 2.25. The SMILES string of the molecule is Clc1ccccc1[C@@H](CNc1ccc2nnnn2n1)N1CCCC1. The third-order valence-corrected chi connectivity index (χ3v) is 4.74. The third-order valence-electron chi connectivity index (χ3n) is 4.39. The minimum atomic E-state index is 0.215. The molecule has 0 bridgehead atoms. The molecule has 0 spiro atoms. The molecule has 1 aliphatic heterocycles. The Balaban J connectivity index is 1.56. The van der Waals surface area contributed by atoms with E-state index in [1.807, 2.05) is 30.3 Å². The Labute approximate surface area is 144 Å². The van der Waals surface area contributed by atoms with Crippen LogP contribution in [0.25, 0.3) is 5.65 Å². The van der Waals surface area contributed by atoms with Gasteiger partial charge in [-0.2, -0.15) is 0 Å². The highest BCUT2D eigenvalue weighted by Crippen LogP contribution is 2.30. The first-order valence-corrected chi connectivity index (χ1v) is 8.47. The van der Waals surface area contributed by atoms with Gasteiger partial charge in [0.1, 0.15) is 5.82 Å². The molecule has 3 heterocycles. The van der Waals surface area contributed by atoms with Crippen LogP contribution < -0.4 is 5.32 Å². The van der Waals surface area contributed by atoms with Crippen LogP contribution in [-0.2, 0) is 0 Å². The van der Waals surface area contributed by atoms with Crippen LogP contribution in [0, 0.1) is 0 Å². The first-order valence-electron chi connectivity index (χ1n) is 8.09. The standard InChI is InChI=1S/C16H18ClN7/c17-13-6-2-1-5-12(13)14(23-9-3-4-10-23)11-18-15-7-8-16-19-21-22-24(16)20-15/h1-2,5-8,14H,3-4,9-11H2,(H,18,20)/t14-/m1/s1. The Morgan fingerprint density at radius 3 is 2.79 bits per heavy atom. The lowest BCUT2D eigenvalue weighted by molar-refractivity contribution is 0.256. The van der Waals surface area contributed by atoms with E-state index in [0.29, 0.717) is 5.65 Å². The summed E-state index contributed by atoms with van der Waals surface area (Å²) >= 11 is 6.44. The topological polar surface area (TPSA) is 71.2 Å². The molecule has 1 saturated heterocycles. The Morgan fingerprint density at radius 1 is 1.12 bits per heavy atom. The van der Waals surface area contributed by atoms with E-state index in [9.17, 15) is 0 Å². The smallest absolute Gasteiger partial charge is 0.200 e. The summed E-state index contributed by atoms with van der Waals surface area (Å²) in [7, 11) is 0. The van der Waals surface area contributed by atoms with Crippen molar-refractivity contribution in [2.75, 3.05) is 25.0 Å². The fourth-order valence-electron chi connectivity index (χ4n) is 3.18. The van der Waals surface area contributed by atoms with E-state index in [2.05, 4.69) is 36.9 Å². The van der Waals surface area contributed by atoms with Gasteiger partial charge in [0.2, 0.25) is 0 Å². The van der Waals surface area contributed by atoms with Crippen LogP contribution >= 0.6 is 11.6 Å². The van der Waals surface area contributed by atoms with E-state index in [1.54, 1.807) is 0 Å². The first-order chi connectivity index (χ1) is 11.8. The Bertz CT molecular complexity index is 828. The lowest BCUT2D eigenvalue weighted by Gasteiger charge is -2.29. The van der Waals surface area contributed by atoms with E-state index in [4.69, 9.17) is 11.6 Å². The molecule has 3 aromatic rings. The van der Waals surface area contributed by atoms with Crippen LogP contribution in [0.3, 0.4) is 0 Å². The minimum absolute atomic E-state index is 0.215. The molecule has 4 rings (SSSR count). The van der Waals surface area contributed by atoms with Gasteiger partial charge < -0.3 is 5.32 Å². The molecule has 7 nitrogen and oxygen atoms in total. The molecule has 1 atom stereocenters. The summed E-state index contributed by atoms with van der Waals surface area (Å²) in [6.45, 7) is 2.92. The van der Waals surface area contributed by atoms with E-state index in [0.717, 1.165) is 36.0 Å². The van der Waals surface area contributed by atoms with Gasteiger partial charge in [0.05, 0.1) is 6.04 Å². The largest absolute Gasteiger partial charge is 0.367 e. The van der Waals surface area contributed by atoms with Crippen molar-refractivity contribution < 1.29 is 0 Å². The molecule has 1 fully saturated rings. The lowest BCUT2D eigenvalue weighted by Crippen LogP contribution is -2.31. The fourth-order valence-corrected chi connectivity index (χ4v) is 3.44. The van der Waals surface area contributed by atoms with Crippen molar-refractivity contribution in [3.05, 3.63) is 47.0 Å². The lowest BCUT2D eigenvalue weighted by atomic mass is 10.1. The first kappa shape index (κ1) is 15.3. The van der Waals surface area contributed by atoms with Gasteiger partial charge in [0.15, 0.2) is 5.65 Å². The second-order valence-electron chi connectivity index (χ2n) is 5.91. The highest BCUT2D eigenvalue weighted by atomic mass is 35.5. The van der Waals surface area contributed by atoms with Crippen LogP contribution in [0.1, 0.15) is 24.4 Å². The molecule has 0 radical (unpaired) electrons. The van der Waals surface area contributed by atoms with Gasteiger partial charge in [0, 0.05) is 11.6 Å². The normalized spacial score (nSPS) is 16.5. The highest BCUT2D eigenvalue weighted by molar-refractivity contribution is 6.31. The summed E-state index contributed by atoms with van der Waals surface area (Å²) in [4.78, 5) is 2.48. The number of tetrazole rings is 1. The van der Waals surface area contributed by atoms with Gasteiger partial charge >= 0.3 is 0 Å². The van der Waals surface area contributed by atoms with Gasteiger partial charge in [0.25, 0.3) is 0 Å². The number of likely N-dealkylation sites (tertiary alicyclic amines) is 1. The molecule has 1 aromatic carbocycles. The summed E-state index contributed by atoms with van der Waals surface area (Å²) in [5.41, 5.74) is 1.78. The number of benzene rings is 1. The average molecular weight is 344 g/mol. The van der Waals surface area contributed by atoms with Gasteiger partial charge in [-0.25, -0.2) is 0 Å². The molecule has 2 aromatic heterocycles. The fraction of sp³-hybridized carbons (Fsp3) is 0.375. The summed E-state index contributed by atoms with van der Waals surface area (Å²) in [5, 5.41) is 19.9. The molecule has 0 amide bonds. The number of nitrogens with one attached hydrogen (secondary N) is 1. The maximum absolute atomic E-state index is 6.44. The number of anilines is 1. The van der Waals surface area contributed by atoms with Gasteiger partial charge in [-0.15, -0.1) is 14.8 Å². The molecule has 1 aliphatic rings. The van der Waals surface area contributed by atoms with E-state index in [1.165, 1.54) is 17.5 Å². The van der Waals surface area contributed by atoms with Crippen molar-refractivity contribution >= 4 is 23.1 Å². The van der Waals surface area contributed by atoms with Gasteiger partial charge in [-0.05, 0) is 60.1 Å². The van der Waals surface area contributed by atoms with Crippen molar-refractivity contribution in [3.8, 4) is 0 Å². The zero-order valence-corrected chi connectivity index (χ0v) is 13.9. The third kappa shape index (κ3) is 3.05.